The highest BCUT2D eigenvalue weighted by atomic mass is 19.3. The van der Waals surface area contributed by atoms with E-state index < -0.39 is 6.43 Å². The molecule has 0 heterocycles. The molecular weight excluding hydrogens is 158 g/mol. The lowest BCUT2D eigenvalue weighted by Gasteiger charge is -2.09. The first-order valence-corrected chi connectivity index (χ1v) is 3.88. The Kier molecular flexibility index (Phi) is 2.46. The topological polar surface area (TPSA) is 0 Å². The summed E-state index contributed by atoms with van der Waals surface area (Å²) in [6.45, 7) is 5.36. The third kappa shape index (κ3) is 1.63. The van der Waals surface area contributed by atoms with Crippen LogP contribution >= 0.6 is 0 Å². The van der Waals surface area contributed by atoms with Crippen LogP contribution in [0.15, 0.2) is 12.1 Å². The molecule has 1 aromatic rings. The molecular formula is C10H12F2. The van der Waals surface area contributed by atoms with Gasteiger partial charge in [-0.3, -0.25) is 0 Å². The average Bonchev–Trinajstić information content (AvgIpc) is 1.82. The van der Waals surface area contributed by atoms with Crippen molar-refractivity contribution in [2.75, 3.05) is 0 Å². The fourth-order valence-corrected chi connectivity index (χ4v) is 1.54. The number of halogens is 2. The van der Waals surface area contributed by atoms with Crippen LogP contribution in [0.4, 0.5) is 8.78 Å². The van der Waals surface area contributed by atoms with Gasteiger partial charge in [0.2, 0.25) is 0 Å². The first-order chi connectivity index (χ1) is 5.52. The Labute approximate surface area is 71.2 Å². The second-order valence-electron chi connectivity index (χ2n) is 3.11. The van der Waals surface area contributed by atoms with Gasteiger partial charge in [-0.25, -0.2) is 8.78 Å². The summed E-state index contributed by atoms with van der Waals surface area (Å²) in [5.74, 6) is 0. The van der Waals surface area contributed by atoms with Crippen molar-refractivity contribution in [3.8, 4) is 0 Å². The van der Waals surface area contributed by atoms with Gasteiger partial charge in [0.15, 0.2) is 0 Å². The van der Waals surface area contributed by atoms with Gasteiger partial charge in [0.1, 0.15) is 0 Å². The van der Waals surface area contributed by atoms with E-state index in [0.29, 0.717) is 11.1 Å². The van der Waals surface area contributed by atoms with E-state index in [-0.39, 0.29) is 5.56 Å². The Morgan fingerprint density at radius 2 is 1.42 bits per heavy atom. The number of rotatable bonds is 1. The molecule has 0 saturated carbocycles. The molecule has 0 N–H and O–H groups in total. The van der Waals surface area contributed by atoms with Crippen molar-refractivity contribution < 1.29 is 8.78 Å². The molecule has 1 aromatic carbocycles. The molecule has 1 rings (SSSR count). The lowest BCUT2D eigenvalue weighted by Crippen LogP contribution is -1.94. The predicted molar refractivity (Wildman–Crippen MR) is 45.6 cm³/mol. The van der Waals surface area contributed by atoms with E-state index in [1.807, 2.05) is 6.92 Å². The Hall–Kier alpha value is -0.920. The van der Waals surface area contributed by atoms with E-state index in [1.54, 1.807) is 26.0 Å². The summed E-state index contributed by atoms with van der Waals surface area (Å²) in [6, 6.07) is 3.57. The first kappa shape index (κ1) is 9.17. The molecule has 66 valence electrons. The van der Waals surface area contributed by atoms with Gasteiger partial charge >= 0.3 is 0 Å². The number of hydrogen-bond acceptors (Lipinski definition) is 0. The number of aryl methyl sites for hydroxylation is 3. The summed E-state index contributed by atoms with van der Waals surface area (Å²) in [6.07, 6.45) is -2.36. The van der Waals surface area contributed by atoms with E-state index >= 15 is 0 Å². The molecule has 0 aliphatic heterocycles. The molecule has 0 unspecified atom stereocenters. The van der Waals surface area contributed by atoms with Gasteiger partial charge < -0.3 is 0 Å². The molecule has 0 aliphatic carbocycles. The Morgan fingerprint density at radius 1 is 1.00 bits per heavy atom. The molecule has 0 aromatic heterocycles. The highest BCUT2D eigenvalue weighted by Gasteiger charge is 2.13. The fourth-order valence-electron chi connectivity index (χ4n) is 1.54. The second-order valence-corrected chi connectivity index (χ2v) is 3.11. The van der Waals surface area contributed by atoms with Crippen molar-refractivity contribution >= 4 is 0 Å². The molecule has 0 saturated heterocycles. The third-order valence-corrected chi connectivity index (χ3v) is 1.96. The zero-order chi connectivity index (χ0) is 9.30. The van der Waals surface area contributed by atoms with Gasteiger partial charge in [0, 0.05) is 5.56 Å². The van der Waals surface area contributed by atoms with Gasteiger partial charge in [-0.2, -0.15) is 0 Å². The third-order valence-electron chi connectivity index (χ3n) is 1.96. The van der Waals surface area contributed by atoms with Crippen LogP contribution in [0.1, 0.15) is 28.7 Å². The maximum atomic E-state index is 12.4. The fraction of sp³-hybridized carbons (Fsp3) is 0.400. The van der Waals surface area contributed by atoms with Crippen LogP contribution in [-0.2, 0) is 0 Å². The molecule has 0 atom stereocenters. The van der Waals surface area contributed by atoms with Crippen LogP contribution in [0.3, 0.4) is 0 Å². The second kappa shape index (κ2) is 3.21. The van der Waals surface area contributed by atoms with Crippen molar-refractivity contribution in [3.63, 3.8) is 0 Å². The lowest BCUT2D eigenvalue weighted by molar-refractivity contribution is 0.150. The highest BCUT2D eigenvalue weighted by Crippen LogP contribution is 2.26. The molecule has 0 fully saturated rings. The number of hydrogen-bond donors (Lipinski definition) is 0. The van der Waals surface area contributed by atoms with Crippen molar-refractivity contribution in [2.45, 2.75) is 27.2 Å². The van der Waals surface area contributed by atoms with E-state index in [0.717, 1.165) is 5.56 Å². The largest absolute Gasteiger partial charge is 0.264 e. The molecule has 0 nitrogen and oxygen atoms in total. The Bertz CT molecular complexity index is 267. The minimum atomic E-state index is -2.36. The van der Waals surface area contributed by atoms with Gasteiger partial charge in [-0.15, -0.1) is 0 Å². The zero-order valence-corrected chi connectivity index (χ0v) is 7.49. The van der Waals surface area contributed by atoms with Crippen LogP contribution in [0.5, 0.6) is 0 Å². The molecule has 0 spiro atoms. The van der Waals surface area contributed by atoms with E-state index in [4.69, 9.17) is 0 Å². The van der Waals surface area contributed by atoms with Gasteiger partial charge in [-0.05, 0) is 31.9 Å². The molecule has 0 aliphatic rings. The van der Waals surface area contributed by atoms with Crippen molar-refractivity contribution in [1.29, 1.82) is 0 Å². The van der Waals surface area contributed by atoms with Crippen LogP contribution in [-0.4, -0.2) is 0 Å². The maximum absolute atomic E-state index is 12.4. The number of alkyl halides is 2. The van der Waals surface area contributed by atoms with E-state index in [9.17, 15) is 8.78 Å². The summed E-state index contributed by atoms with van der Waals surface area (Å²) in [7, 11) is 0. The summed E-state index contributed by atoms with van der Waals surface area (Å²) in [5.41, 5.74) is 2.58. The molecule has 0 amide bonds. The van der Waals surface area contributed by atoms with E-state index in [1.165, 1.54) is 0 Å². The van der Waals surface area contributed by atoms with Crippen LogP contribution in [0.2, 0.25) is 0 Å². The van der Waals surface area contributed by atoms with Crippen molar-refractivity contribution in [1.82, 2.24) is 0 Å². The predicted octanol–water partition coefficient (Wildman–Crippen LogP) is 3.55. The number of benzene rings is 1. The zero-order valence-electron chi connectivity index (χ0n) is 7.49. The SMILES string of the molecule is Cc1cc(C)c(C(F)F)c(C)c1. The normalized spacial score (nSPS) is 10.8. The van der Waals surface area contributed by atoms with Gasteiger partial charge in [0.25, 0.3) is 6.43 Å². The van der Waals surface area contributed by atoms with Crippen LogP contribution < -0.4 is 0 Å². The summed E-state index contributed by atoms with van der Waals surface area (Å²) >= 11 is 0. The Morgan fingerprint density at radius 3 is 1.75 bits per heavy atom. The summed E-state index contributed by atoms with van der Waals surface area (Å²) in [4.78, 5) is 0. The van der Waals surface area contributed by atoms with E-state index in [2.05, 4.69) is 0 Å². The quantitative estimate of drug-likeness (QED) is 0.604. The first-order valence-electron chi connectivity index (χ1n) is 3.88. The van der Waals surface area contributed by atoms with Gasteiger partial charge in [-0.1, -0.05) is 17.7 Å². The summed E-state index contributed by atoms with van der Waals surface area (Å²) in [5, 5.41) is 0. The minimum absolute atomic E-state index is 0.181. The molecule has 0 bridgehead atoms. The molecule has 12 heavy (non-hydrogen) atoms. The maximum Gasteiger partial charge on any atom is 0.264 e. The minimum Gasteiger partial charge on any atom is -0.205 e. The van der Waals surface area contributed by atoms with Crippen LogP contribution in [0.25, 0.3) is 0 Å². The molecule has 0 radical (unpaired) electrons. The van der Waals surface area contributed by atoms with Crippen LogP contribution in [0, 0.1) is 20.8 Å². The van der Waals surface area contributed by atoms with Crippen molar-refractivity contribution in [3.05, 3.63) is 34.4 Å². The monoisotopic (exact) mass is 170 g/mol. The average molecular weight is 170 g/mol. The summed E-state index contributed by atoms with van der Waals surface area (Å²) < 4.78 is 24.8. The standard InChI is InChI=1S/C10H12F2/c1-6-4-7(2)9(10(11)12)8(3)5-6/h4-5,10H,1-3H3. The Balaban J connectivity index is 3.28. The lowest BCUT2D eigenvalue weighted by atomic mass is 10.0. The highest BCUT2D eigenvalue weighted by molar-refractivity contribution is 5.38. The van der Waals surface area contributed by atoms with Crippen molar-refractivity contribution in [2.24, 2.45) is 0 Å². The smallest absolute Gasteiger partial charge is 0.205 e. The van der Waals surface area contributed by atoms with Gasteiger partial charge in [0.05, 0.1) is 0 Å². The molecule has 2 heteroatoms.